The van der Waals surface area contributed by atoms with Crippen molar-refractivity contribution < 1.29 is 14.4 Å². The fourth-order valence-corrected chi connectivity index (χ4v) is 2.60. The van der Waals surface area contributed by atoms with Gasteiger partial charge in [0.1, 0.15) is 12.1 Å². The van der Waals surface area contributed by atoms with Gasteiger partial charge in [0, 0.05) is 24.8 Å². The van der Waals surface area contributed by atoms with E-state index in [1.807, 2.05) is 0 Å². The second-order valence-corrected chi connectivity index (χ2v) is 5.63. The molecule has 0 bridgehead atoms. The van der Waals surface area contributed by atoms with E-state index in [1.165, 1.54) is 4.90 Å². The molecule has 2 N–H and O–H groups in total. The Morgan fingerprint density at radius 1 is 1.39 bits per heavy atom. The van der Waals surface area contributed by atoms with E-state index >= 15 is 0 Å². The molecule has 2 heterocycles. The maximum atomic E-state index is 12.4. The zero-order valence-corrected chi connectivity index (χ0v) is 14.4. The monoisotopic (exact) mass is 343 g/mol. The van der Waals surface area contributed by atoms with Crippen LogP contribution in [0.3, 0.4) is 0 Å². The standard InChI is InChI=1S/C14H21N5O3.ClH/c1-8(2)19-11(20)5-10(14(19)22)17-13(21)12(15-3)9-6-16-18(4)7-9;/h6-8,10,12,15H,5H2,1-4H3,(H,17,21);1H. The number of aromatic nitrogens is 2. The van der Waals surface area contributed by atoms with Crippen LogP contribution in [-0.2, 0) is 21.4 Å². The summed E-state index contributed by atoms with van der Waals surface area (Å²) in [5.74, 6) is -0.964. The Balaban J connectivity index is 0.00000264. The Hall–Kier alpha value is -1.93. The maximum Gasteiger partial charge on any atom is 0.252 e. The van der Waals surface area contributed by atoms with Crippen molar-refractivity contribution in [1.29, 1.82) is 0 Å². The van der Waals surface area contributed by atoms with Gasteiger partial charge in [0.25, 0.3) is 5.91 Å². The number of carbonyl (C=O) groups excluding carboxylic acids is 3. The highest BCUT2D eigenvalue weighted by atomic mass is 35.5. The van der Waals surface area contributed by atoms with Crippen LogP contribution in [0.5, 0.6) is 0 Å². The summed E-state index contributed by atoms with van der Waals surface area (Å²) in [4.78, 5) is 37.6. The number of halogens is 1. The summed E-state index contributed by atoms with van der Waals surface area (Å²) in [6.45, 7) is 3.54. The molecule has 1 fully saturated rings. The predicted octanol–water partition coefficient (Wildman–Crippen LogP) is -0.245. The Bertz CT molecular complexity index is 601. The Morgan fingerprint density at radius 3 is 2.48 bits per heavy atom. The number of imide groups is 1. The summed E-state index contributed by atoms with van der Waals surface area (Å²) >= 11 is 0. The maximum absolute atomic E-state index is 12.4. The first-order chi connectivity index (χ1) is 10.3. The summed E-state index contributed by atoms with van der Waals surface area (Å²) in [7, 11) is 3.41. The third kappa shape index (κ3) is 3.89. The average Bonchev–Trinajstić information content (AvgIpc) is 2.95. The van der Waals surface area contributed by atoms with Gasteiger partial charge in [0.15, 0.2) is 0 Å². The number of likely N-dealkylation sites (tertiary alicyclic amines) is 1. The molecule has 8 nitrogen and oxygen atoms in total. The lowest BCUT2D eigenvalue weighted by molar-refractivity contribution is -0.141. The smallest absolute Gasteiger partial charge is 0.252 e. The predicted molar refractivity (Wildman–Crippen MR) is 85.8 cm³/mol. The molecule has 1 aromatic rings. The quantitative estimate of drug-likeness (QED) is 0.719. The van der Waals surface area contributed by atoms with Gasteiger partial charge in [-0.3, -0.25) is 24.0 Å². The summed E-state index contributed by atoms with van der Waals surface area (Å²) in [5.41, 5.74) is 0.694. The first kappa shape index (κ1) is 19.1. The van der Waals surface area contributed by atoms with Crippen LogP contribution >= 0.6 is 12.4 Å². The van der Waals surface area contributed by atoms with Gasteiger partial charge in [-0.25, -0.2) is 0 Å². The van der Waals surface area contributed by atoms with Crippen LogP contribution in [0.1, 0.15) is 31.9 Å². The minimum Gasteiger partial charge on any atom is -0.342 e. The van der Waals surface area contributed by atoms with Crippen molar-refractivity contribution in [3.05, 3.63) is 18.0 Å². The summed E-state index contributed by atoms with van der Waals surface area (Å²) < 4.78 is 1.59. The fourth-order valence-electron chi connectivity index (χ4n) is 2.60. The van der Waals surface area contributed by atoms with Gasteiger partial charge >= 0.3 is 0 Å². The lowest BCUT2D eigenvalue weighted by Crippen LogP contribution is -2.46. The van der Waals surface area contributed by atoms with Crippen LogP contribution in [0.2, 0.25) is 0 Å². The molecule has 0 saturated carbocycles. The number of rotatable bonds is 5. The van der Waals surface area contributed by atoms with Crippen molar-refractivity contribution in [3.63, 3.8) is 0 Å². The van der Waals surface area contributed by atoms with Crippen LogP contribution in [0.15, 0.2) is 12.4 Å². The molecule has 2 rings (SSSR count). The molecular formula is C14H22ClN5O3. The molecule has 0 aliphatic carbocycles. The molecule has 1 aromatic heterocycles. The number of carbonyl (C=O) groups is 3. The van der Waals surface area contributed by atoms with Gasteiger partial charge < -0.3 is 10.6 Å². The number of aryl methyl sites for hydroxylation is 1. The van der Waals surface area contributed by atoms with E-state index in [0.29, 0.717) is 5.56 Å². The van der Waals surface area contributed by atoms with Gasteiger partial charge in [-0.05, 0) is 20.9 Å². The molecular weight excluding hydrogens is 322 g/mol. The minimum atomic E-state index is -0.796. The van der Waals surface area contributed by atoms with E-state index in [4.69, 9.17) is 0 Å². The molecule has 3 amide bonds. The van der Waals surface area contributed by atoms with E-state index < -0.39 is 12.1 Å². The molecule has 9 heteroatoms. The first-order valence-corrected chi connectivity index (χ1v) is 7.17. The molecule has 1 aliphatic heterocycles. The number of nitrogens with zero attached hydrogens (tertiary/aromatic N) is 3. The summed E-state index contributed by atoms with van der Waals surface area (Å²) in [6.07, 6.45) is 3.32. The summed E-state index contributed by atoms with van der Waals surface area (Å²) in [6, 6.07) is -1.63. The molecule has 2 atom stereocenters. The van der Waals surface area contributed by atoms with Crippen LogP contribution in [0.25, 0.3) is 0 Å². The topological polar surface area (TPSA) is 96.3 Å². The SMILES string of the molecule is CNC(C(=O)NC1CC(=O)N(C(C)C)C1=O)c1cnn(C)c1.Cl. The molecule has 1 aliphatic rings. The first-order valence-electron chi connectivity index (χ1n) is 7.17. The Kier molecular flexibility index (Phi) is 6.28. The molecule has 0 spiro atoms. The molecule has 23 heavy (non-hydrogen) atoms. The van der Waals surface area contributed by atoms with Gasteiger partial charge in [0.2, 0.25) is 11.8 Å². The zero-order chi connectivity index (χ0) is 16.4. The highest BCUT2D eigenvalue weighted by Crippen LogP contribution is 2.18. The van der Waals surface area contributed by atoms with Crippen LogP contribution in [-0.4, -0.2) is 51.5 Å². The number of hydrogen-bond acceptors (Lipinski definition) is 5. The molecule has 128 valence electrons. The van der Waals surface area contributed by atoms with E-state index in [-0.39, 0.29) is 42.6 Å². The number of amides is 3. The van der Waals surface area contributed by atoms with Gasteiger partial charge in [0.05, 0.1) is 12.6 Å². The second kappa shape index (κ2) is 7.56. The lowest BCUT2D eigenvalue weighted by atomic mass is 10.1. The molecule has 0 radical (unpaired) electrons. The van der Waals surface area contributed by atoms with Gasteiger partial charge in [-0.1, -0.05) is 0 Å². The van der Waals surface area contributed by atoms with E-state index in [1.54, 1.807) is 45.0 Å². The second-order valence-electron chi connectivity index (χ2n) is 5.63. The van der Waals surface area contributed by atoms with Crippen LogP contribution in [0.4, 0.5) is 0 Å². The zero-order valence-electron chi connectivity index (χ0n) is 13.6. The minimum absolute atomic E-state index is 0. The third-order valence-corrected chi connectivity index (χ3v) is 3.62. The van der Waals surface area contributed by atoms with Crippen molar-refractivity contribution >= 4 is 30.1 Å². The third-order valence-electron chi connectivity index (χ3n) is 3.62. The normalized spacial score (nSPS) is 19.0. The largest absolute Gasteiger partial charge is 0.342 e. The average molecular weight is 344 g/mol. The highest BCUT2D eigenvalue weighted by Gasteiger charge is 2.41. The number of nitrogens with one attached hydrogen (secondary N) is 2. The fraction of sp³-hybridized carbons (Fsp3) is 0.571. The van der Waals surface area contributed by atoms with Crippen LogP contribution in [0, 0.1) is 0 Å². The van der Waals surface area contributed by atoms with Crippen molar-refractivity contribution in [2.75, 3.05) is 7.05 Å². The van der Waals surface area contributed by atoms with Crippen molar-refractivity contribution in [3.8, 4) is 0 Å². The summed E-state index contributed by atoms with van der Waals surface area (Å²) in [5, 5.41) is 9.57. The van der Waals surface area contributed by atoms with E-state index in [2.05, 4.69) is 15.7 Å². The Labute approximate surface area is 141 Å². The lowest BCUT2D eigenvalue weighted by Gasteiger charge is -2.20. The molecule has 1 saturated heterocycles. The van der Waals surface area contributed by atoms with Crippen molar-refractivity contribution in [2.24, 2.45) is 7.05 Å². The van der Waals surface area contributed by atoms with Crippen LogP contribution < -0.4 is 10.6 Å². The number of likely N-dealkylation sites (N-methyl/N-ethyl adjacent to an activating group) is 1. The van der Waals surface area contributed by atoms with Gasteiger partial charge in [-0.15, -0.1) is 12.4 Å². The van der Waals surface area contributed by atoms with Crippen molar-refractivity contribution in [2.45, 2.75) is 38.4 Å². The van der Waals surface area contributed by atoms with Crippen molar-refractivity contribution in [1.82, 2.24) is 25.3 Å². The van der Waals surface area contributed by atoms with E-state index in [0.717, 1.165) is 0 Å². The highest BCUT2D eigenvalue weighted by molar-refractivity contribution is 6.07. The molecule has 2 unspecified atom stereocenters. The molecule has 0 aromatic carbocycles. The van der Waals surface area contributed by atoms with E-state index in [9.17, 15) is 14.4 Å². The van der Waals surface area contributed by atoms with Gasteiger partial charge in [-0.2, -0.15) is 5.10 Å². The Morgan fingerprint density at radius 2 is 2.04 bits per heavy atom. The number of hydrogen-bond donors (Lipinski definition) is 2.